The standard InChI is InChI=1S/C11H11ClN4O3/c1-16-9(17)3-2-6(11(16)19)15-10(18)7-4-14-8(12)5-13-7/h4-6H,2-3H2,1H3,(H,15,18). The van der Waals surface area contributed by atoms with E-state index in [1.54, 1.807) is 0 Å². The Bertz CT molecular complexity index is 531. The molecule has 1 saturated heterocycles. The van der Waals surface area contributed by atoms with Crippen LogP contribution in [0.4, 0.5) is 0 Å². The molecule has 1 fully saturated rings. The average molecular weight is 283 g/mol. The second-order valence-electron chi connectivity index (χ2n) is 4.08. The van der Waals surface area contributed by atoms with Gasteiger partial charge in [0.2, 0.25) is 5.91 Å². The zero-order chi connectivity index (χ0) is 14.0. The van der Waals surface area contributed by atoms with Crippen molar-refractivity contribution in [3.63, 3.8) is 0 Å². The molecule has 0 spiro atoms. The van der Waals surface area contributed by atoms with E-state index in [2.05, 4.69) is 15.3 Å². The van der Waals surface area contributed by atoms with Crippen molar-refractivity contribution in [3.05, 3.63) is 23.2 Å². The van der Waals surface area contributed by atoms with Gasteiger partial charge in [-0.1, -0.05) is 11.6 Å². The number of halogens is 1. The minimum absolute atomic E-state index is 0.0664. The Balaban J connectivity index is 2.05. The van der Waals surface area contributed by atoms with E-state index in [0.29, 0.717) is 0 Å². The highest BCUT2D eigenvalue weighted by Crippen LogP contribution is 2.12. The minimum Gasteiger partial charge on any atom is -0.339 e. The number of nitrogens with zero attached hydrogens (tertiary/aromatic N) is 3. The normalized spacial score (nSPS) is 19.5. The first-order valence-corrected chi connectivity index (χ1v) is 5.95. The van der Waals surface area contributed by atoms with Crippen LogP contribution in [0.15, 0.2) is 12.4 Å². The molecule has 1 atom stereocenters. The van der Waals surface area contributed by atoms with Gasteiger partial charge in [0, 0.05) is 13.5 Å². The molecule has 1 aliphatic heterocycles. The van der Waals surface area contributed by atoms with Crippen molar-refractivity contribution in [1.82, 2.24) is 20.2 Å². The van der Waals surface area contributed by atoms with Crippen LogP contribution >= 0.6 is 11.6 Å². The summed E-state index contributed by atoms with van der Waals surface area (Å²) >= 11 is 5.56. The van der Waals surface area contributed by atoms with Crippen molar-refractivity contribution in [2.24, 2.45) is 0 Å². The van der Waals surface area contributed by atoms with Gasteiger partial charge < -0.3 is 5.32 Å². The van der Waals surface area contributed by atoms with Gasteiger partial charge in [0.05, 0.1) is 12.4 Å². The van der Waals surface area contributed by atoms with Crippen LogP contribution in [-0.4, -0.2) is 45.7 Å². The first-order valence-electron chi connectivity index (χ1n) is 5.58. The molecule has 1 N–H and O–H groups in total. The summed E-state index contributed by atoms with van der Waals surface area (Å²) in [6.45, 7) is 0. The fourth-order valence-electron chi connectivity index (χ4n) is 1.71. The number of hydrogen-bond donors (Lipinski definition) is 1. The van der Waals surface area contributed by atoms with Crippen molar-refractivity contribution >= 4 is 29.3 Å². The van der Waals surface area contributed by atoms with Gasteiger partial charge in [-0.15, -0.1) is 0 Å². The van der Waals surface area contributed by atoms with Gasteiger partial charge in [-0.25, -0.2) is 9.97 Å². The van der Waals surface area contributed by atoms with Crippen molar-refractivity contribution in [2.45, 2.75) is 18.9 Å². The molecule has 0 saturated carbocycles. The van der Waals surface area contributed by atoms with Crippen LogP contribution in [0.5, 0.6) is 0 Å². The lowest BCUT2D eigenvalue weighted by Crippen LogP contribution is -2.53. The lowest BCUT2D eigenvalue weighted by molar-refractivity contribution is -0.147. The summed E-state index contributed by atoms with van der Waals surface area (Å²) in [6, 6.07) is -0.715. The molecule has 0 aliphatic carbocycles. The number of hydrogen-bond acceptors (Lipinski definition) is 5. The van der Waals surface area contributed by atoms with E-state index >= 15 is 0 Å². The molecule has 1 unspecified atom stereocenters. The van der Waals surface area contributed by atoms with Crippen LogP contribution < -0.4 is 5.32 Å². The van der Waals surface area contributed by atoms with Crippen molar-refractivity contribution in [1.29, 1.82) is 0 Å². The second kappa shape index (κ2) is 5.31. The molecular formula is C11H11ClN4O3. The molecule has 8 heteroatoms. The first kappa shape index (κ1) is 13.4. The Hall–Kier alpha value is -2.02. The Kier molecular flexibility index (Phi) is 3.75. The molecular weight excluding hydrogens is 272 g/mol. The highest BCUT2D eigenvalue weighted by atomic mass is 35.5. The monoisotopic (exact) mass is 282 g/mol. The highest BCUT2D eigenvalue weighted by Gasteiger charge is 2.33. The molecule has 0 aromatic carbocycles. The largest absolute Gasteiger partial charge is 0.339 e. The van der Waals surface area contributed by atoms with Crippen LogP contribution in [-0.2, 0) is 9.59 Å². The van der Waals surface area contributed by atoms with E-state index in [4.69, 9.17) is 11.6 Å². The molecule has 0 radical (unpaired) electrons. The number of likely N-dealkylation sites (N-methyl/N-ethyl adjacent to an activating group) is 1. The number of carbonyl (C=O) groups excluding carboxylic acids is 3. The maximum Gasteiger partial charge on any atom is 0.272 e. The van der Waals surface area contributed by atoms with Crippen molar-refractivity contribution in [2.75, 3.05) is 7.05 Å². The molecule has 1 aliphatic rings. The third kappa shape index (κ3) is 2.87. The predicted octanol–water partition coefficient (Wildman–Crippen LogP) is 0.00720. The van der Waals surface area contributed by atoms with E-state index in [1.165, 1.54) is 19.4 Å². The summed E-state index contributed by atoms with van der Waals surface area (Å²) < 4.78 is 0. The summed E-state index contributed by atoms with van der Waals surface area (Å²) in [5, 5.41) is 2.70. The Morgan fingerprint density at radius 2 is 2.16 bits per heavy atom. The summed E-state index contributed by atoms with van der Waals surface area (Å²) in [7, 11) is 1.39. The summed E-state index contributed by atoms with van der Waals surface area (Å²) in [5.74, 6) is -1.20. The molecule has 100 valence electrons. The number of amides is 3. The van der Waals surface area contributed by atoms with Gasteiger partial charge in [-0.05, 0) is 6.42 Å². The average Bonchev–Trinajstić information content (AvgIpc) is 2.40. The van der Waals surface area contributed by atoms with Gasteiger partial charge in [0.25, 0.3) is 11.8 Å². The van der Waals surface area contributed by atoms with Crippen LogP contribution in [0.1, 0.15) is 23.3 Å². The first-order chi connectivity index (χ1) is 8.99. The van der Waals surface area contributed by atoms with E-state index < -0.39 is 17.9 Å². The highest BCUT2D eigenvalue weighted by molar-refractivity contribution is 6.29. The number of carbonyl (C=O) groups is 3. The minimum atomic E-state index is -0.715. The molecule has 1 aromatic rings. The van der Waals surface area contributed by atoms with E-state index in [0.717, 1.165) is 4.90 Å². The van der Waals surface area contributed by atoms with Gasteiger partial charge in [-0.2, -0.15) is 0 Å². The Labute approximate surface area is 114 Å². The molecule has 3 amide bonds. The van der Waals surface area contributed by atoms with Crippen LogP contribution in [0, 0.1) is 0 Å². The number of rotatable bonds is 2. The topological polar surface area (TPSA) is 92.3 Å². The van der Waals surface area contributed by atoms with Gasteiger partial charge in [0.1, 0.15) is 16.9 Å². The van der Waals surface area contributed by atoms with Gasteiger partial charge in [0.15, 0.2) is 0 Å². The predicted molar refractivity (Wildman–Crippen MR) is 65.3 cm³/mol. The molecule has 0 bridgehead atoms. The maximum absolute atomic E-state index is 11.8. The van der Waals surface area contributed by atoms with Gasteiger partial charge >= 0.3 is 0 Å². The lowest BCUT2D eigenvalue weighted by atomic mass is 10.0. The Morgan fingerprint density at radius 3 is 2.79 bits per heavy atom. The van der Waals surface area contributed by atoms with Crippen LogP contribution in [0.3, 0.4) is 0 Å². The fourth-order valence-corrected chi connectivity index (χ4v) is 1.81. The van der Waals surface area contributed by atoms with Crippen LogP contribution in [0.2, 0.25) is 5.15 Å². The second-order valence-corrected chi connectivity index (χ2v) is 4.47. The smallest absolute Gasteiger partial charge is 0.272 e. The number of piperidine rings is 1. The number of aromatic nitrogens is 2. The fraction of sp³-hybridized carbons (Fsp3) is 0.364. The van der Waals surface area contributed by atoms with E-state index in [9.17, 15) is 14.4 Å². The quantitative estimate of drug-likeness (QED) is 0.771. The molecule has 2 heterocycles. The molecule has 1 aromatic heterocycles. The molecule has 19 heavy (non-hydrogen) atoms. The number of nitrogens with one attached hydrogen (secondary N) is 1. The molecule has 7 nitrogen and oxygen atoms in total. The van der Waals surface area contributed by atoms with Gasteiger partial charge in [-0.3, -0.25) is 19.3 Å². The van der Waals surface area contributed by atoms with Crippen molar-refractivity contribution in [3.8, 4) is 0 Å². The third-order valence-corrected chi connectivity index (χ3v) is 3.00. The summed E-state index contributed by atoms with van der Waals surface area (Å²) in [4.78, 5) is 43.5. The van der Waals surface area contributed by atoms with E-state index in [-0.39, 0.29) is 29.6 Å². The zero-order valence-electron chi connectivity index (χ0n) is 10.1. The Morgan fingerprint density at radius 1 is 1.42 bits per heavy atom. The number of imide groups is 1. The third-order valence-electron chi connectivity index (χ3n) is 2.81. The SMILES string of the molecule is CN1C(=O)CCC(NC(=O)c2cnc(Cl)cn2)C1=O. The lowest BCUT2D eigenvalue weighted by Gasteiger charge is -2.27. The zero-order valence-corrected chi connectivity index (χ0v) is 10.8. The maximum atomic E-state index is 11.8. The molecule has 2 rings (SSSR count). The van der Waals surface area contributed by atoms with E-state index in [1.807, 2.05) is 0 Å². The van der Waals surface area contributed by atoms with Crippen LogP contribution in [0.25, 0.3) is 0 Å². The summed E-state index contributed by atoms with van der Waals surface area (Å²) in [6.07, 6.45) is 2.98. The summed E-state index contributed by atoms with van der Waals surface area (Å²) in [5.41, 5.74) is 0.0664. The van der Waals surface area contributed by atoms with Crippen molar-refractivity contribution < 1.29 is 14.4 Å². The number of likely N-dealkylation sites (tertiary alicyclic amines) is 1.